The summed E-state index contributed by atoms with van der Waals surface area (Å²) in [5.74, 6) is -0.0469. The van der Waals surface area contributed by atoms with E-state index in [0.717, 1.165) is 21.7 Å². The van der Waals surface area contributed by atoms with Gasteiger partial charge in [0.25, 0.3) is 5.91 Å². The Morgan fingerprint density at radius 2 is 2.07 bits per heavy atom. The molecular formula is C21H30N4O2S3. The van der Waals surface area contributed by atoms with Crippen molar-refractivity contribution < 1.29 is 9.59 Å². The topological polar surface area (TPSA) is 89.2 Å². The second kappa shape index (κ2) is 11.9. The number of amides is 1. The number of hydrogen-bond donors (Lipinski definition) is 3. The van der Waals surface area contributed by atoms with Gasteiger partial charge in [0.1, 0.15) is 0 Å². The van der Waals surface area contributed by atoms with E-state index in [4.69, 9.17) is 5.73 Å². The van der Waals surface area contributed by atoms with Gasteiger partial charge < -0.3 is 20.9 Å². The van der Waals surface area contributed by atoms with Gasteiger partial charge in [-0.25, -0.2) is 0 Å². The predicted molar refractivity (Wildman–Crippen MR) is 134 cm³/mol. The Hall–Kier alpha value is -2.10. The summed E-state index contributed by atoms with van der Waals surface area (Å²) in [6, 6.07) is 3.49. The lowest BCUT2D eigenvalue weighted by Gasteiger charge is -2.22. The van der Waals surface area contributed by atoms with Crippen LogP contribution < -0.4 is 26.1 Å². The number of nitrogens with two attached hydrogens (primary N) is 1. The van der Waals surface area contributed by atoms with E-state index in [1.807, 2.05) is 25.4 Å². The van der Waals surface area contributed by atoms with Gasteiger partial charge in [-0.15, -0.1) is 11.3 Å². The van der Waals surface area contributed by atoms with Crippen molar-refractivity contribution in [1.82, 2.24) is 15.2 Å². The number of thiophene rings is 1. The van der Waals surface area contributed by atoms with Gasteiger partial charge in [-0.2, -0.15) is 0 Å². The second-order valence-electron chi connectivity index (χ2n) is 7.03. The van der Waals surface area contributed by atoms with Crippen molar-refractivity contribution in [2.75, 3.05) is 25.6 Å². The lowest BCUT2D eigenvalue weighted by molar-refractivity contribution is 0.0954. The second-order valence-corrected chi connectivity index (χ2v) is 11.3. The van der Waals surface area contributed by atoms with Gasteiger partial charge in [0.2, 0.25) is 0 Å². The Labute approximate surface area is 190 Å². The number of allylic oxidation sites excluding steroid dienone is 1. The van der Waals surface area contributed by atoms with Crippen LogP contribution in [0.3, 0.4) is 0 Å². The number of anilines is 1. The highest BCUT2D eigenvalue weighted by atomic mass is 33.1. The predicted octanol–water partition coefficient (Wildman–Crippen LogP) is 2.61. The quantitative estimate of drug-likeness (QED) is 0.409. The lowest BCUT2D eigenvalue weighted by atomic mass is 10.2. The SMILES string of the molecule is C=C(/C=c1/cc(C(=O)NCC(C)(C)SSC)sc1=C)NC.Cn1cc(N)cc1C=O. The Morgan fingerprint density at radius 3 is 2.53 bits per heavy atom. The summed E-state index contributed by atoms with van der Waals surface area (Å²) in [4.78, 5) is 23.1. The third-order valence-electron chi connectivity index (χ3n) is 3.89. The van der Waals surface area contributed by atoms with Crippen molar-refractivity contribution in [3.05, 3.63) is 50.9 Å². The molecule has 0 aromatic carbocycles. The van der Waals surface area contributed by atoms with Crippen molar-refractivity contribution in [3.8, 4) is 0 Å². The summed E-state index contributed by atoms with van der Waals surface area (Å²) in [5.41, 5.74) is 7.40. The molecule has 0 aliphatic carbocycles. The molecule has 6 nitrogen and oxygen atoms in total. The molecule has 164 valence electrons. The average molecular weight is 467 g/mol. The molecule has 0 atom stereocenters. The van der Waals surface area contributed by atoms with Crippen LogP contribution >= 0.6 is 32.9 Å². The van der Waals surface area contributed by atoms with E-state index in [0.29, 0.717) is 22.8 Å². The molecule has 4 N–H and O–H groups in total. The third-order valence-corrected chi connectivity index (χ3v) is 7.51. The van der Waals surface area contributed by atoms with Crippen LogP contribution in [0.25, 0.3) is 12.7 Å². The zero-order chi connectivity index (χ0) is 22.9. The van der Waals surface area contributed by atoms with Crippen LogP contribution in [0.15, 0.2) is 30.6 Å². The first kappa shape index (κ1) is 25.9. The number of aryl methyl sites for hydroxylation is 1. The monoisotopic (exact) mass is 466 g/mol. The number of nitrogens with zero attached hydrogens (tertiary/aromatic N) is 1. The van der Waals surface area contributed by atoms with Crippen molar-refractivity contribution in [2.24, 2.45) is 7.05 Å². The Morgan fingerprint density at radius 1 is 1.40 bits per heavy atom. The molecule has 0 spiro atoms. The van der Waals surface area contributed by atoms with Gasteiger partial charge in [0, 0.05) is 41.8 Å². The number of aromatic nitrogens is 1. The first-order chi connectivity index (χ1) is 14.0. The third kappa shape index (κ3) is 8.33. The van der Waals surface area contributed by atoms with Gasteiger partial charge in [-0.3, -0.25) is 9.59 Å². The van der Waals surface area contributed by atoms with E-state index < -0.39 is 0 Å². The van der Waals surface area contributed by atoms with Crippen LogP contribution in [0.1, 0.15) is 34.0 Å². The van der Waals surface area contributed by atoms with E-state index in [9.17, 15) is 9.59 Å². The first-order valence-corrected chi connectivity index (χ1v) is 12.4. The zero-order valence-electron chi connectivity index (χ0n) is 18.1. The van der Waals surface area contributed by atoms with Crippen LogP contribution in [-0.4, -0.2) is 41.4 Å². The van der Waals surface area contributed by atoms with Gasteiger partial charge in [-0.05, 0) is 43.5 Å². The van der Waals surface area contributed by atoms with E-state index in [2.05, 4.69) is 37.6 Å². The normalized spacial score (nSPS) is 11.4. The van der Waals surface area contributed by atoms with Crippen LogP contribution in [0, 0.1) is 0 Å². The molecule has 9 heteroatoms. The minimum absolute atomic E-state index is 0.00893. The fourth-order valence-corrected chi connectivity index (χ4v) is 5.26. The van der Waals surface area contributed by atoms with Crippen LogP contribution in [0.4, 0.5) is 5.69 Å². The molecule has 2 heterocycles. The Kier molecular flexibility index (Phi) is 10.3. The maximum Gasteiger partial charge on any atom is 0.261 e. The first-order valence-electron chi connectivity index (χ1n) is 9.07. The molecule has 2 rings (SSSR count). The summed E-state index contributed by atoms with van der Waals surface area (Å²) in [6.45, 7) is 12.7. The Balaban J connectivity index is 0.000000414. The number of rotatable bonds is 8. The average Bonchev–Trinajstić information content (AvgIpc) is 3.21. The smallest absolute Gasteiger partial charge is 0.261 e. The van der Waals surface area contributed by atoms with Crippen molar-refractivity contribution in [2.45, 2.75) is 18.6 Å². The summed E-state index contributed by atoms with van der Waals surface area (Å²) >= 11 is 1.40. The molecule has 0 saturated heterocycles. The molecule has 30 heavy (non-hydrogen) atoms. The maximum atomic E-state index is 12.2. The Bertz CT molecular complexity index is 993. The number of aldehydes is 1. The molecule has 0 unspecified atom stereocenters. The summed E-state index contributed by atoms with van der Waals surface area (Å²) < 4.78 is 2.56. The molecule has 0 radical (unpaired) electrons. The number of carbonyl (C=O) groups excluding carboxylic acids is 2. The van der Waals surface area contributed by atoms with Crippen molar-refractivity contribution >= 4 is 63.5 Å². The van der Waals surface area contributed by atoms with E-state index in [1.54, 1.807) is 45.5 Å². The number of nitrogen functional groups attached to an aromatic ring is 1. The van der Waals surface area contributed by atoms with Crippen LogP contribution in [0.5, 0.6) is 0 Å². The van der Waals surface area contributed by atoms with Crippen LogP contribution in [-0.2, 0) is 7.05 Å². The van der Waals surface area contributed by atoms with E-state index in [1.165, 1.54) is 11.3 Å². The molecular weight excluding hydrogens is 436 g/mol. The molecule has 0 fully saturated rings. The summed E-state index contributed by atoms with van der Waals surface area (Å²) in [7, 11) is 7.06. The molecule has 0 bridgehead atoms. The zero-order valence-corrected chi connectivity index (χ0v) is 20.5. The van der Waals surface area contributed by atoms with E-state index in [-0.39, 0.29) is 10.7 Å². The van der Waals surface area contributed by atoms with Crippen LogP contribution in [0.2, 0.25) is 0 Å². The van der Waals surface area contributed by atoms with E-state index >= 15 is 0 Å². The standard InChI is InChI=1S/C15H22N2OS3.C6H8N2O/c1-10(16-5)7-12-8-13(20-11(12)2)14(18)17-9-15(3,4)21-19-6;1-8-3-5(7)2-6(8)4-9/h7-8,16H,1-2,9H2,3-6H3,(H,17,18);2-4H,7H2,1H3/b12-7-;. The highest BCUT2D eigenvalue weighted by Gasteiger charge is 2.20. The highest BCUT2D eigenvalue weighted by molar-refractivity contribution is 8.76. The summed E-state index contributed by atoms with van der Waals surface area (Å²) in [6.07, 6.45) is 6.41. The fraction of sp³-hybridized carbons (Fsp3) is 0.333. The highest BCUT2D eigenvalue weighted by Crippen LogP contribution is 2.32. The molecule has 1 amide bonds. The molecule has 0 aliphatic heterocycles. The number of carbonyl (C=O) groups is 2. The van der Waals surface area contributed by atoms with Gasteiger partial charge >= 0.3 is 0 Å². The summed E-state index contributed by atoms with van der Waals surface area (Å²) in [5, 5.41) is 6.88. The van der Waals surface area contributed by atoms with Gasteiger partial charge in [0.15, 0.2) is 6.29 Å². The maximum absolute atomic E-state index is 12.2. The van der Waals surface area contributed by atoms with Gasteiger partial charge in [-0.1, -0.05) is 34.7 Å². The van der Waals surface area contributed by atoms with Crippen molar-refractivity contribution in [3.63, 3.8) is 0 Å². The van der Waals surface area contributed by atoms with Crippen molar-refractivity contribution in [1.29, 1.82) is 0 Å². The van der Waals surface area contributed by atoms with Gasteiger partial charge in [0.05, 0.1) is 16.3 Å². The lowest BCUT2D eigenvalue weighted by Crippen LogP contribution is -2.35. The molecule has 0 saturated carbocycles. The number of nitrogens with one attached hydrogen (secondary N) is 2. The largest absolute Gasteiger partial charge is 0.397 e. The fourth-order valence-electron chi connectivity index (χ4n) is 2.30. The number of hydrogen-bond acceptors (Lipinski definition) is 7. The minimum Gasteiger partial charge on any atom is -0.397 e. The minimum atomic E-state index is -0.0469. The molecule has 0 aliphatic rings. The molecule has 2 aromatic heterocycles. The molecule has 2 aromatic rings.